The van der Waals surface area contributed by atoms with Crippen molar-refractivity contribution in [1.82, 2.24) is 19.4 Å². The third-order valence-electron chi connectivity index (χ3n) is 8.83. The largest absolute Gasteiger partial charge is 0.492 e. The van der Waals surface area contributed by atoms with Crippen LogP contribution in [0.5, 0.6) is 5.75 Å². The summed E-state index contributed by atoms with van der Waals surface area (Å²) in [6.07, 6.45) is 6.90. The van der Waals surface area contributed by atoms with E-state index in [4.69, 9.17) is 14.5 Å². The first-order valence-electron chi connectivity index (χ1n) is 15.6. The lowest BCUT2D eigenvalue weighted by atomic mass is 9.96. The number of rotatable bonds is 10. The second-order valence-electron chi connectivity index (χ2n) is 11.9. The van der Waals surface area contributed by atoms with Crippen LogP contribution in [0.2, 0.25) is 0 Å². The van der Waals surface area contributed by atoms with E-state index in [2.05, 4.69) is 4.90 Å². The van der Waals surface area contributed by atoms with Crippen LogP contribution in [0.15, 0.2) is 64.5 Å². The number of aromatic nitrogens is 2. The predicted molar refractivity (Wildman–Crippen MR) is 169 cm³/mol. The van der Waals surface area contributed by atoms with Crippen LogP contribution in [0, 0.1) is 5.92 Å². The number of carbonyl (C=O) groups excluding carboxylic acids is 2. The van der Waals surface area contributed by atoms with Gasteiger partial charge in [-0.2, -0.15) is 0 Å². The van der Waals surface area contributed by atoms with Gasteiger partial charge in [0, 0.05) is 37.8 Å². The monoisotopic (exact) mass is 616 g/mol. The highest BCUT2D eigenvalue weighted by molar-refractivity contribution is 7.99. The van der Waals surface area contributed by atoms with Crippen LogP contribution in [-0.2, 0) is 33.7 Å². The van der Waals surface area contributed by atoms with Crippen molar-refractivity contribution < 1.29 is 19.1 Å². The number of nitrogens with zero attached hydrogens (tertiary/aromatic N) is 4. The van der Waals surface area contributed by atoms with Gasteiger partial charge in [-0.3, -0.25) is 23.9 Å². The lowest BCUT2D eigenvalue weighted by molar-refractivity contribution is -0.142. The molecule has 1 aliphatic carbocycles. The number of hydrogen-bond acceptors (Lipinski definition) is 8. The summed E-state index contributed by atoms with van der Waals surface area (Å²) in [6.45, 7) is 3.52. The smallest absolute Gasteiger partial charge is 0.309 e. The van der Waals surface area contributed by atoms with Gasteiger partial charge in [0.15, 0.2) is 5.16 Å². The standard InChI is InChI=1S/C34H40N4O5S/c1-42-31(39)20-24-12-14-27(15-13-24)43-19-18-36-21-25(22-36)32(40)37-17-16-30-29(23-37)33(41)38(26-8-4-2-5-9-26)34(35-30)44-28-10-6-3-7-11-28/h2,4-5,8-9,12-15,25,28H,3,6-7,10-11,16-23H2,1H3. The quantitative estimate of drug-likeness (QED) is 0.246. The van der Waals surface area contributed by atoms with Gasteiger partial charge in [-0.25, -0.2) is 4.98 Å². The molecule has 0 radical (unpaired) electrons. The Balaban J connectivity index is 1.05. The third kappa shape index (κ3) is 7.02. The number of benzene rings is 2. The Hall–Kier alpha value is -3.63. The number of methoxy groups -OCH3 is 1. The third-order valence-corrected chi connectivity index (χ3v) is 10.1. The van der Waals surface area contributed by atoms with Crippen molar-refractivity contribution in [3.63, 3.8) is 0 Å². The maximum atomic E-state index is 14.0. The zero-order valence-electron chi connectivity index (χ0n) is 25.3. The van der Waals surface area contributed by atoms with Crippen molar-refractivity contribution >= 4 is 23.6 Å². The number of ether oxygens (including phenoxy) is 2. The highest BCUT2D eigenvalue weighted by atomic mass is 32.2. The first-order chi connectivity index (χ1) is 21.5. The molecule has 3 aliphatic rings. The maximum Gasteiger partial charge on any atom is 0.309 e. The zero-order valence-corrected chi connectivity index (χ0v) is 26.1. The van der Waals surface area contributed by atoms with Gasteiger partial charge in [0.2, 0.25) is 5.91 Å². The summed E-state index contributed by atoms with van der Waals surface area (Å²) < 4.78 is 12.3. The zero-order chi connectivity index (χ0) is 30.5. The van der Waals surface area contributed by atoms with Crippen molar-refractivity contribution in [2.24, 2.45) is 5.92 Å². The van der Waals surface area contributed by atoms with Crippen LogP contribution in [0.1, 0.15) is 48.9 Å². The molecule has 0 unspecified atom stereocenters. The van der Waals surface area contributed by atoms with Gasteiger partial charge in [-0.05, 0) is 42.7 Å². The molecule has 0 N–H and O–H groups in total. The second-order valence-corrected chi connectivity index (χ2v) is 13.2. The summed E-state index contributed by atoms with van der Waals surface area (Å²) in [5.41, 5.74) is 3.13. The number of thioether (sulfide) groups is 1. The molecule has 3 heterocycles. The van der Waals surface area contributed by atoms with Crippen molar-refractivity contribution in [3.8, 4) is 11.4 Å². The van der Waals surface area contributed by atoms with Gasteiger partial charge < -0.3 is 14.4 Å². The molecule has 2 aliphatic heterocycles. The Morgan fingerprint density at radius 3 is 2.48 bits per heavy atom. The molecule has 6 rings (SSSR count). The van der Waals surface area contributed by atoms with Crippen LogP contribution in [0.25, 0.3) is 5.69 Å². The number of para-hydroxylation sites is 1. The summed E-state index contributed by atoms with van der Waals surface area (Å²) in [4.78, 5) is 48.0. The van der Waals surface area contributed by atoms with Crippen molar-refractivity contribution in [2.75, 3.05) is 39.9 Å². The highest BCUT2D eigenvalue weighted by Gasteiger charge is 2.37. The number of esters is 1. The Morgan fingerprint density at radius 1 is 1.00 bits per heavy atom. The Kier molecular flexibility index (Phi) is 9.66. The van der Waals surface area contributed by atoms with E-state index in [0.717, 1.165) is 47.2 Å². The summed E-state index contributed by atoms with van der Waals surface area (Å²) in [7, 11) is 1.38. The summed E-state index contributed by atoms with van der Waals surface area (Å²) in [6, 6.07) is 17.2. The van der Waals surface area contributed by atoms with E-state index in [1.807, 2.05) is 59.5 Å². The van der Waals surface area contributed by atoms with Crippen molar-refractivity contribution in [3.05, 3.63) is 81.8 Å². The molecular weight excluding hydrogens is 576 g/mol. The average molecular weight is 617 g/mol. The molecule has 2 fully saturated rings. The van der Waals surface area contributed by atoms with E-state index in [0.29, 0.717) is 50.0 Å². The van der Waals surface area contributed by atoms with E-state index in [-0.39, 0.29) is 29.8 Å². The number of carbonyl (C=O) groups is 2. The number of fused-ring (bicyclic) bond motifs is 1. The van der Waals surface area contributed by atoms with Crippen LogP contribution >= 0.6 is 11.8 Å². The average Bonchev–Trinajstić information content (AvgIpc) is 3.03. The van der Waals surface area contributed by atoms with E-state index in [1.165, 1.54) is 26.4 Å². The fourth-order valence-corrected chi connectivity index (χ4v) is 7.58. The molecular formula is C34H40N4O5S. The summed E-state index contributed by atoms with van der Waals surface area (Å²) in [5, 5.41) is 1.26. The molecule has 10 heteroatoms. The molecule has 44 heavy (non-hydrogen) atoms. The van der Waals surface area contributed by atoms with E-state index in [1.54, 1.807) is 16.3 Å². The van der Waals surface area contributed by atoms with E-state index < -0.39 is 0 Å². The lowest BCUT2D eigenvalue weighted by Crippen LogP contribution is -2.56. The van der Waals surface area contributed by atoms with Gasteiger partial charge in [-0.1, -0.05) is 61.4 Å². The Labute approximate surface area is 262 Å². The maximum absolute atomic E-state index is 14.0. The van der Waals surface area contributed by atoms with Crippen molar-refractivity contribution in [1.29, 1.82) is 0 Å². The van der Waals surface area contributed by atoms with Crippen molar-refractivity contribution in [2.45, 2.75) is 61.9 Å². The van der Waals surface area contributed by atoms with E-state index in [9.17, 15) is 14.4 Å². The first kappa shape index (κ1) is 30.4. The molecule has 9 nitrogen and oxygen atoms in total. The number of likely N-dealkylation sites (tertiary alicyclic amines) is 1. The minimum Gasteiger partial charge on any atom is -0.492 e. The molecule has 232 valence electrons. The molecule has 1 aromatic heterocycles. The van der Waals surface area contributed by atoms with Gasteiger partial charge in [0.05, 0.1) is 42.9 Å². The normalized spacial score (nSPS) is 17.5. The van der Waals surface area contributed by atoms with Gasteiger partial charge in [0.25, 0.3) is 5.56 Å². The SMILES string of the molecule is COC(=O)Cc1ccc(OCCN2CC(C(=O)N3CCc4nc(SC5CCCCC5)n(-c5ccccc5)c(=O)c4C3)C2)cc1. The molecule has 0 atom stereocenters. The fourth-order valence-electron chi connectivity index (χ4n) is 6.26. The molecule has 0 spiro atoms. The minimum absolute atomic E-state index is 0.0530. The fraction of sp³-hybridized carbons (Fsp3) is 0.471. The highest BCUT2D eigenvalue weighted by Crippen LogP contribution is 2.34. The van der Waals surface area contributed by atoms with Crippen LogP contribution < -0.4 is 10.3 Å². The Morgan fingerprint density at radius 2 is 1.75 bits per heavy atom. The van der Waals surface area contributed by atoms with Gasteiger partial charge in [-0.15, -0.1) is 0 Å². The summed E-state index contributed by atoms with van der Waals surface area (Å²) >= 11 is 1.74. The number of hydrogen-bond donors (Lipinski definition) is 0. The Bertz CT molecular complexity index is 1520. The summed E-state index contributed by atoms with van der Waals surface area (Å²) in [5.74, 6) is 0.516. The predicted octanol–water partition coefficient (Wildman–Crippen LogP) is 4.27. The van der Waals surface area contributed by atoms with Crippen LogP contribution in [0.3, 0.4) is 0 Å². The molecule has 1 saturated heterocycles. The van der Waals surface area contributed by atoms with Gasteiger partial charge in [0.1, 0.15) is 12.4 Å². The lowest BCUT2D eigenvalue weighted by Gasteiger charge is -2.41. The number of amides is 1. The second kappa shape index (κ2) is 14.0. The topological polar surface area (TPSA) is 94.0 Å². The molecule has 1 amide bonds. The first-order valence-corrected chi connectivity index (χ1v) is 16.5. The van der Waals surface area contributed by atoms with Crippen LogP contribution in [-0.4, -0.2) is 76.4 Å². The molecule has 1 saturated carbocycles. The minimum atomic E-state index is -0.270. The van der Waals surface area contributed by atoms with Gasteiger partial charge >= 0.3 is 5.97 Å². The molecule has 0 bridgehead atoms. The molecule has 3 aromatic rings. The van der Waals surface area contributed by atoms with E-state index >= 15 is 0 Å². The molecule has 2 aromatic carbocycles. The van der Waals surface area contributed by atoms with Crippen LogP contribution in [0.4, 0.5) is 0 Å².